The topological polar surface area (TPSA) is 104 Å². The SMILES string of the molecule is CC1(NCc2ccc(C(=O)O)cc2)CCN(c2cnc(-c3cccc(Cl)c3Cl)c(N)n2)CC1. The van der Waals surface area contributed by atoms with Gasteiger partial charge < -0.3 is 21.1 Å². The minimum Gasteiger partial charge on any atom is -0.478 e. The van der Waals surface area contributed by atoms with Crippen molar-refractivity contribution in [3.63, 3.8) is 0 Å². The lowest BCUT2D eigenvalue weighted by molar-refractivity contribution is 0.0697. The summed E-state index contributed by atoms with van der Waals surface area (Å²) in [7, 11) is 0. The maximum Gasteiger partial charge on any atom is 0.335 e. The van der Waals surface area contributed by atoms with E-state index in [-0.39, 0.29) is 5.54 Å². The number of nitrogen functional groups attached to an aromatic ring is 1. The van der Waals surface area contributed by atoms with Crippen LogP contribution in [0.5, 0.6) is 0 Å². The Kier molecular flexibility index (Phi) is 6.74. The molecule has 2 aromatic carbocycles. The number of carboxylic acid groups (broad SMARTS) is 1. The Balaban J connectivity index is 1.38. The standard InChI is InChI=1S/C24H25Cl2N5O2/c1-24(29-13-15-5-7-16(8-6-15)23(32)33)9-11-31(12-10-24)19-14-28-21(22(27)30-19)17-3-2-4-18(25)20(17)26/h2-8,14,29H,9-13H2,1H3,(H2,27,30)(H,32,33). The quantitative estimate of drug-likeness (QED) is 0.456. The maximum atomic E-state index is 11.0. The Labute approximate surface area is 202 Å². The molecule has 0 saturated carbocycles. The molecule has 3 aromatic rings. The first kappa shape index (κ1) is 23.3. The normalized spacial score (nSPS) is 15.4. The van der Waals surface area contributed by atoms with Gasteiger partial charge in [-0.25, -0.2) is 14.8 Å². The number of hydrogen-bond donors (Lipinski definition) is 3. The number of hydrogen-bond acceptors (Lipinski definition) is 6. The summed E-state index contributed by atoms with van der Waals surface area (Å²) in [6.07, 6.45) is 3.57. The number of rotatable bonds is 6. The average molecular weight is 486 g/mol. The van der Waals surface area contributed by atoms with Crippen LogP contribution in [0, 0.1) is 0 Å². The van der Waals surface area contributed by atoms with E-state index < -0.39 is 5.97 Å². The van der Waals surface area contributed by atoms with Gasteiger partial charge in [-0.2, -0.15) is 0 Å². The summed E-state index contributed by atoms with van der Waals surface area (Å²) in [6, 6.07) is 12.3. The number of nitrogens with two attached hydrogens (primary N) is 1. The van der Waals surface area contributed by atoms with Crippen molar-refractivity contribution in [3.05, 3.63) is 69.8 Å². The van der Waals surface area contributed by atoms with Crippen LogP contribution < -0.4 is 16.0 Å². The largest absolute Gasteiger partial charge is 0.478 e. The molecule has 4 rings (SSSR count). The Morgan fingerprint density at radius 2 is 1.88 bits per heavy atom. The highest BCUT2D eigenvalue weighted by molar-refractivity contribution is 6.43. The molecule has 1 saturated heterocycles. The third-order valence-electron chi connectivity index (χ3n) is 6.10. The number of piperidine rings is 1. The number of nitrogens with zero attached hydrogens (tertiary/aromatic N) is 3. The third-order valence-corrected chi connectivity index (χ3v) is 6.92. The van der Waals surface area contributed by atoms with Gasteiger partial charge in [-0.15, -0.1) is 0 Å². The molecule has 0 atom stereocenters. The minimum atomic E-state index is -0.915. The number of carboxylic acids is 1. The fourth-order valence-electron chi connectivity index (χ4n) is 3.93. The molecule has 0 radical (unpaired) electrons. The second-order valence-electron chi connectivity index (χ2n) is 8.47. The second-order valence-corrected chi connectivity index (χ2v) is 9.25. The first-order valence-corrected chi connectivity index (χ1v) is 11.4. The number of benzene rings is 2. The van der Waals surface area contributed by atoms with E-state index in [9.17, 15) is 4.79 Å². The summed E-state index contributed by atoms with van der Waals surface area (Å²) < 4.78 is 0. The van der Waals surface area contributed by atoms with E-state index in [4.69, 9.17) is 34.0 Å². The van der Waals surface area contributed by atoms with Crippen molar-refractivity contribution in [2.45, 2.75) is 31.8 Å². The molecule has 2 heterocycles. The molecule has 0 aliphatic carbocycles. The van der Waals surface area contributed by atoms with E-state index in [0.717, 1.165) is 37.3 Å². The van der Waals surface area contributed by atoms with Gasteiger partial charge in [-0.3, -0.25) is 0 Å². The monoisotopic (exact) mass is 485 g/mol. The van der Waals surface area contributed by atoms with Crippen LogP contribution in [0.3, 0.4) is 0 Å². The van der Waals surface area contributed by atoms with Gasteiger partial charge in [-0.05, 0) is 43.5 Å². The highest BCUT2D eigenvalue weighted by Gasteiger charge is 2.30. The zero-order valence-corrected chi connectivity index (χ0v) is 19.7. The highest BCUT2D eigenvalue weighted by atomic mass is 35.5. The molecular weight excluding hydrogens is 461 g/mol. The fourth-order valence-corrected chi connectivity index (χ4v) is 4.32. The summed E-state index contributed by atoms with van der Waals surface area (Å²) in [5.74, 6) is 0.134. The highest BCUT2D eigenvalue weighted by Crippen LogP contribution is 2.35. The zero-order valence-electron chi connectivity index (χ0n) is 18.2. The molecule has 0 unspecified atom stereocenters. The van der Waals surface area contributed by atoms with Crippen molar-refractivity contribution >= 4 is 40.8 Å². The summed E-state index contributed by atoms with van der Waals surface area (Å²) in [4.78, 5) is 22.3. The summed E-state index contributed by atoms with van der Waals surface area (Å²) in [6.45, 7) is 4.51. The van der Waals surface area contributed by atoms with Crippen molar-refractivity contribution in [1.29, 1.82) is 0 Å². The number of anilines is 2. The Morgan fingerprint density at radius 1 is 1.18 bits per heavy atom. The third kappa shape index (κ3) is 5.21. The van der Waals surface area contributed by atoms with Crippen molar-refractivity contribution in [1.82, 2.24) is 15.3 Å². The van der Waals surface area contributed by atoms with Gasteiger partial charge >= 0.3 is 5.97 Å². The number of carbonyl (C=O) groups is 1. The molecule has 0 bridgehead atoms. The lowest BCUT2D eigenvalue weighted by atomic mass is 9.89. The Hall–Kier alpha value is -2.87. The maximum absolute atomic E-state index is 11.0. The summed E-state index contributed by atoms with van der Waals surface area (Å²) >= 11 is 12.4. The van der Waals surface area contributed by atoms with Gasteiger partial charge in [0.15, 0.2) is 5.82 Å². The van der Waals surface area contributed by atoms with Gasteiger partial charge in [0, 0.05) is 30.7 Å². The van der Waals surface area contributed by atoms with Crippen molar-refractivity contribution in [2.24, 2.45) is 0 Å². The van der Waals surface area contributed by atoms with E-state index >= 15 is 0 Å². The van der Waals surface area contributed by atoms with Crippen LogP contribution in [-0.4, -0.2) is 39.7 Å². The van der Waals surface area contributed by atoms with E-state index in [1.807, 2.05) is 18.2 Å². The molecule has 33 heavy (non-hydrogen) atoms. The predicted octanol–water partition coefficient (Wildman–Crippen LogP) is 4.88. The summed E-state index contributed by atoms with van der Waals surface area (Å²) in [5, 5.41) is 13.5. The van der Waals surface area contributed by atoms with Crippen LogP contribution in [-0.2, 0) is 6.54 Å². The molecule has 1 aliphatic rings. The van der Waals surface area contributed by atoms with Gasteiger partial charge in [0.05, 0.1) is 21.8 Å². The molecule has 7 nitrogen and oxygen atoms in total. The van der Waals surface area contributed by atoms with Gasteiger partial charge in [0.2, 0.25) is 0 Å². The molecule has 0 spiro atoms. The van der Waals surface area contributed by atoms with Crippen LogP contribution in [0.15, 0.2) is 48.7 Å². The number of nitrogens with one attached hydrogen (secondary N) is 1. The lowest BCUT2D eigenvalue weighted by Gasteiger charge is -2.40. The fraction of sp³-hybridized carbons (Fsp3) is 0.292. The van der Waals surface area contributed by atoms with E-state index in [1.165, 1.54) is 0 Å². The molecule has 1 aromatic heterocycles. The van der Waals surface area contributed by atoms with Crippen LogP contribution in [0.4, 0.5) is 11.6 Å². The number of aromatic carboxylic acids is 1. The van der Waals surface area contributed by atoms with Gasteiger partial charge in [-0.1, -0.05) is 47.5 Å². The average Bonchev–Trinajstić information content (AvgIpc) is 2.81. The first-order chi connectivity index (χ1) is 15.8. The predicted molar refractivity (Wildman–Crippen MR) is 132 cm³/mol. The second kappa shape index (κ2) is 9.55. The molecule has 172 valence electrons. The van der Waals surface area contributed by atoms with E-state index in [2.05, 4.69) is 27.1 Å². The first-order valence-electron chi connectivity index (χ1n) is 10.6. The summed E-state index contributed by atoms with van der Waals surface area (Å²) in [5.41, 5.74) is 8.71. The van der Waals surface area contributed by atoms with Crippen LogP contribution in [0.2, 0.25) is 10.0 Å². The smallest absolute Gasteiger partial charge is 0.335 e. The lowest BCUT2D eigenvalue weighted by Crippen LogP contribution is -2.51. The number of aromatic nitrogens is 2. The molecule has 1 aliphatic heterocycles. The van der Waals surface area contributed by atoms with Gasteiger partial charge in [0.25, 0.3) is 0 Å². The Bertz CT molecular complexity index is 1160. The van der Waals surface area contributed by atoms with E-state index in [1.54, 1.807) is 30.5 Å². The van der Waals surface area contributed by atoms with E-state index in [0.29, 0.717) is 39.2 Å². The molecule has 4 N–H and O–H groups in total. The molecule has 1 fully saturated rings. The van der Waals surface area contributed by atoms with Crippen molar-refractivity contribution in [2.75, 3.05) is 23.7 Å². The molecule has 9 heteroatoms. The Morgan fingerprint density at radius 3 is 2.52 bits per heavy atom. The minimum absolute atomic E-state index is 0.0325. The van der Waals surface area contributed by atoms with Crippen LogP contribution in [0.25, 0.3) is 11.3 Å². The number of halogens is 2. The molecule has 0 amide bonds. The van der Waals surface area contributed by atoms with Crippen LogP contribution in [0.1, 0.15) is 35.7 Å². The van der Waals surface area contributed by atoms with Crippen molar-refractivity contribution in [3.8, 4) is 11.3 Å². The van der Waals surface area contributed by atoms with Crippen molar-refractivity contribution < 1.29 is 9.90 Å². The molecular formula is C24H25Cl2N5O2. The van der Waals surface area contributed by atoms with Crippen LogP contribution >= 0.6 is 23.2 Å². The van der Waals surface area contributed by atoms with Gasteiger partial charge in [0.1, 0.15) is 11.5 Å². The zero-order chi connectivity index (χ0) is 23.6.